The maximum Gasteiger partial charge on any atom is 0.327 e. The first-order chi connectivity index (χ1) is 8.60. The number of rotatable bonds is 6. The average molecular weight is 276 g/mol. The fourth-order valence-corrected chi connectivity index (χ4v) is 3.00. The molecule has 0 radical (unpaired) electrons. The molecule has 1 fully saturated rings. The van der Waals surface area contributed by atoms with Crippen LogP contribution in [0.3, 0.4) is 0 Å². The number of ether oxygens (including phenoxy) is 1. The SMILES string of the molecule is CCCC(COC)NC(=O)N1CSC[C@H]1C(=O)O. The number of nitrogens with one attached hydrogen (secondary N) is 1. The molecular weight excluding hydrogens is 256 g/mol. The van der Waals surface area contributed by atoms with Crippen molar-refractivity contribution in [2.75, 3.05) is 25.3 Å². The molecule has 0 bridgehead atoms. The first-order valence-corrected chi connectivity index (χ1v) is 7.12. The molecule has 18 heavy (non-hydrogen) atoms. The summed E-state index contributed by atoms with van der Waals surface area (Å²) in [4.78, 5) is 24.4. The molecule has 1 aliphatic rings. The first-order valence-electron chi connectivity index (χ1n) is 5.96. The Kier molecular flexibility index (Phi) is 6.28. The minimum atomic E-state index is -0.950. The van der Waals surface area contributed by atoms with E-state index in [4.69, 9.17) is 9.84 Å². The number of amides is 2. The maximum atomic E-state index is 12.0. The summed E-state index contributed by atoms with van der Waals surface area (Å²) in [6, 6.07) is -1.10. The molecule has 2 N–H and O–H groups in total. The largest absolute Gasteiger partial charge is 0.480 e. The van der Waals surface area contributed by atoms with Crippen LogP contribution in [0.2, 0.25) is 0 Å². The highest BCUT2D eigenvalue weighted by atomic mass is 32.2. The topological polar surface area (TPSA) is 78.9 Å². The lowest BCUT2D eigenvalue weighted by Gasteiger charge is -2.24. The number of carboxylic acids is 1. The van der Waals surface area contributed by atoms with Crippen LogP contribution >= 0.6 is 11.8 Å². The number of methoxy groups -OCH3 is 1. The number of hydrogen-bond acceptors (Lipinski definition) is 4. The highest BCUT2D eigenvalue weighted by Crippen LogP contribution is 2.21. The van der Waals surface area contributed by atoms with E-state index in [2.05, 4.69) is 5.32 Å². The summed E-state index contributed by atoms with van der Waals surface area (Å²) in [6.45, 7) is 2.47. The summed E-state index contributed by atoms with van der Waals surface area (Å²) < 4.78 is 5.04. The van der Waals surface area contributed by atoms with Crippen LogP contribution in [0.1, 0.15) is 19.8 Å². The highest BCUT2D eigenvalue weighted by Gasteiger charge is 2.35. The number of aliphatic carboxylic acids is 1. The Balaban J connectivity index is 2.54. The Morgan fingerprint density at radius 3 is 2.89 bits per heavy atom. The van der Waals surface area contributed by atoms with Gasteiger partial charge in [0.1, 0.15) is 6.04 Å². The van der Waals surface area contributed by atoms with Gasteiger partial charge in [-0.2, -0.15) is 0 Å². The number of thioether (sulfide) groups is 1. The minimum absolute atomic E-state index is 0.0625. The summed E-state index contributed by atoms with van der Waals surface area (Å²) in [5.41, 5.74) is 0. The van der Waals surface area contributed by atoms with Gasteiger partial charge >= 0.3 is 12.0 Å². The van der Waals surface area contributed by atoms with Crippen molar-refractivity contribution in [3.05, 3.63) is 0 Å². The van der Waals surface area contributed by atoms with Crippen LogP contribution in [0, 0.1) is 0 Å². The van der Waals surface area contributed by atoms with Gasteiger partial charge in [0, 0.05) is 12.9 Å². The summed E-state index contributed by atoms with van der Waals surface area (Å²) in [5.74, 6) is -0.0750. The van der Waals surface area contributed by atoms with Gasteiger partial charge in [0.2, 0.25) is 0 Å². The number of carboxylic acid groups (broad SMARTS) is 1. The van der Waals surface area contributed by atoms with Crippen LogP contribution < -0.4 is 5.32 Å². The lowest BCUT2D eigenvalue weighted by atomic mass is 10.2. The smallest absolute Gasteiger partial charge is 0.327 e. The normalized spacial score (nSPS) is 20.8. The second-order valence-corrected chi connectivity index (χ2v) is 5.21. The lowest BCUT2D eigenvalue weighted by molar-refractivity contribution is -0.140. The minimum Gasteiger partial charge on any atom is -0.480 e. The third kappa shape index (κ3) is 4.06. The Bertz CT molecular complexity index is 295. The Morgan fingerprint density at radius 2 is 2.33 bits per heavy atom. The highest BCUT2D eigenvalue weighted by molar-refractivity contribution is 7.99. The summed E-state index contributed by atoms with van der Waals surface area (Å²) in [7, 11) is 1.58. The average Bonchev–Trinajstić information content (AvgIpc) is 2.78. The molecule has 104 valence electrons. The second-order valence-electron chi connectivity index (χ2n) is 4.21. The van der Waals surface area contributed by atoms with E-state index in [9.17, 15) is 9.59 Å². The molecular formula is C11H20N2O4S. The van der Waals surface area contributed by atoms with Crippen molar-refractivity contribution in [1.29, 1.82) is 0 Å². The van der Waals surface area contributed by atoms with Crippen molar-refractivity contribution in [3.8, 4) is 0 Å². The van der Waals surface area contributed by atoms with E-state index in [1.807, 2.05) is 6.92 Å². The molecule has 1 unspecified atom stereocenters. The van der Waals surface area contributed by atoms with E-state index >= 15 is 0 Å². The fraction of sp³-hybridized carbons (Fsp3) is 0.818. The quantitative estimate of drug-likeness (QED) is 0.756. The molecule has 2 amide bonds. The van der Waals surface area contributed by atoms with Crippen LogP contribution in [0.25, 0.3) is 0 Å². The maximum absolute atomic E-state index is 12.0. The van der Waals surface area contributed by atoms with Gasteiger partial charge in [-0.25, -0.2) is 9.59 Å². The first kappa shape index (κ1) is 15.1. The van der Waals surface area contributed by atoms with Gasteiger partial charge in [-0.3, -0.25) is 0 Å². The van der Waals surface area contributed by atoms with Gasteiger partial charge < -0.3 is 20.1 Å². The predicted molar refractivity (Wildman–Crippen MR) is 69.7 cm³/mol. The molecule has 0 aromatic rings. The van der Waals surface area contributed by atoms with Crippen LogP contribution in [0.4, 0.5) is 4.79 Å². The van der Waals surface area contributed by atoms with Crippen molar-refractivity contribution >= 4 is 23.8 Å². The third-order valence-electron chi connectivity index (χ3n) is 2.76. The zero-order chi connectivity index (χ0) is 13.5. The Labute approximate surface area is 111 Å². The molecule has 6 nitrogen and oxygen atoms in total. The molecule has 7 heteroatoms. The standard InChI is InChI=1S/C11H20N2O4S/c1-3-4-8(5-17-2)12-11(16)13-7-18-6-9(13)10(14)15/h8-9H,3-7H2,1-2H3,(H,12,16)(H,14,15)/t8?,9-/m0/s1. The van der Waals surface area contributed by atoms with Crippen molar-refractivity contribution in [1.82, 2.24) is 10.2 Å². The van der Waals surface area contributed by atoms with Gasteiger partial charge in [-0.15, -0.1) is 11.8 Å². The molecule has 0 aromatic heterocycles. The van der Waals surface area contributed by atoms with Crippen LogP contribution in [-0.2, 0) is 9.53 Å². The Morgan fingerprint density at radius 1 is 1.61 bits per heavy atom. The Hall–Kier alpha value is -0.950. The van der Waals surface area contributed by atoms with Crippen molar-refractivity contribution < 1.29 is 19.4 Å². The zero-order valence-corrected chi connectivity index (χ0v) is 11.5. The summed E-state index contributed by atoms with van der Waals surface area (Å²) in [5, 5.41) is 11.8. The molecule has 1 saturated heterocycles. The molecule has 2 atom stereocenters. The van der Waals surface area contributed by atoms with Crippen molar-refractivity contribution in [2.45, 2.75) is 31.8 Å². The van der Waals surface area contributed by atoms with E-state index in [0.717, 1.165) is 12.8 Å². The van der Waals surface area contributed by atoms with E-state index in [1.54, 1.807) is 7.11 Å². The number of hydrogen-bond donors (Lipinski definition) is 2. The van der Waals surface area contributed by atoms with Crippen molar-refractivity contribution in [3.63, 3.8) is 0 Å². The van der Waals surface area contributed by atoms with E-state index in [-0.39, 0.29) is 12.1 Å². The van der Waals surface area contributed by atoms with Gasteiger partial charge in [-0.1, -0.05) is 13.3 Å². The molecule has 1 aliphatic heterocycles. The van der Waals surface area contributed by atoms with Gasteiger partial charge in [-0.05, 0) is 6.42 Å². The molecule has 0 spiro atoms. The molecule has 0 aromatic carbocycles. The van der Waals surface area contributed by atoms with Crippen LogP contribution in [0.5, 0.6) is 0 Å². The van der Waals surface area contributed by atoms with Crippen LogP contribution in [0.15, 0.2) is 0 Å². The van der Waals surface area contributed by atoms with Crippen LogP contribution in [-0.4, -0.2) is 59.4 Å². The van der Waals surface area contributed by atoms with Crippen molar-refractivity contribution in [2.24, 2.45) is 0 Å². The van der Waals surface area contributed by atoms with E-state index < -0.39 is 12.0 Å². The monoisotopic (exact) mass is 276 g/mol. The molecule has 0 saturated carbocycles. The second kappa shape index (κ2) is 7.48. The van der Waals surface area contributed by atoms with Gasteiger partial charge in [0.15, 0.2) is 0 Å². The molecule has 1 heterocycles. The fourth-order valence-electron chi connectivity index (χ4n) is 1.85. The summed E-state index contributed by atoms with van der Waals surface area (Å²) >= 11 is 1.45. The summed E-state index contributed by atoms with van der Waals surface area (Å²) in [6.07, 6.45) is 1.75. The number of carbonyl (C=O) groups is 2. The zero-order valence-electron chi connectivity index (χ0n) is 10.7. The molecule has 1 rings (SSSR count). The van der Waals surface area contributed by atoms with E-state index in [1.165, 1.54) is 16.7 Å². The van der Waals surface area contributed by atoms with Gasteiger partial charge in [0.25, 0.3) is 0 Å². The van der Waals surface area contributed by atoms with Gasteiger partial charge in [0.05, 0.1) is 18.5 Å². The number of urea groups is 1. The molecule has 0 aliphatic carbocycles. The lowest BCUT2D eigenvalue weighted by Crippen LogP contribution is -2.50. The third-order valence-corrected chi connectivity index (χ3v) is 3.77. The number of carbonyl (C=O) groups excluding carboxylic acids is 1. The van der Waals surface area contributed by atoms with E-state index in [0.29, 0.717) is 18.2 Å². The number of nitrogens with zero attached hydrogens (tertiary/aromatic N) is 1. The predicted octanol–water partition coefficient (Wildman–Crippen LogP) is 0.971.